The quantitative estimate of drug-likeness (QED) is 0.0261. The molecule has 1 unspecified atom stereocenters. The van der Waals surface area contributed by atoms with Crippen LogP contribution in [0.3, 0.4) is 0 Å². The monoisotopic (exact) mass is 1060 g/mol. The van der Waals surface area contributed by atoms with Gasteiger partial charge in [0.05, 0.1) is 0 Å². The second-order valence-corrected chi connectivity index (χ2v) is 21.3. The number of hydrogen-bond donors (Lipinski definition) is 0. The van der Waals surface area contributed by atoms with E-state index in [0.29, 0.717) is 19.3 Å². The largest absolute Gasteiger partial charge is 0.462 e. The third kappa shape index (κ3) is 61.2. The SMILES string of the molecule is CC/C=C\C/C=C\C/C=C\C/C=C\CCCCCCCCCCCCCCCCC(=O)OCC(COC(=O)CCCCCCC/C=C\CCCCC)OC(=O)CCCCCCCC/C=C\C/C=C\C/C=C\CCCCC. The molecule has 0 saturated carbocycles. The molecule has 1 atom stereocenters. The topological polar surface area (TPSA) is 78.9 Å². The lowest BCUT2D eigenvalue weighted by molar-refractivity contribution is -0.167. The third-order valence-corrected chi connectivity index (χ3v) is 13.8. The number of hydrogen-bond acceptors (Lipinski definition) is 6. The Bertz CT molecular complexity index is 1490. The van der Waals surface area contributed by atoms with E-state index in [1.807, 2.05) is 0 Å². The van der Waals surface area contributed by atoms with Gasteiger partial charge in [0.25, 0.3) is 0 Å². The van der Waals surface area contributed by atoms with Gasteiger partial charge < -0.3 is 14.2 Å². The molecule has 0 aliphatic rings. The Morgan fingerprint density at radius 1 is 0.276 bits per heavy atom. The number of carbonyl (C=O) groups excluding carboxylic acids is 3. The number of unbranched alkanes of at least 4 members (excludes halogenated alkanes) is 31. The van der Waals surface area contributed by atoms with Crippen molar-refractivity contribution in [3.05, 3.63) is 97.2 Å². The summed E-state index contributed by atoms with van der Waals surface area (Å²) in [4.78, 5) is 38.3. The third-order valence-electron chi connectivity index (χ3n) is 13.8. The fourth-order valence-corrected chi connectivity index (χ4v) is 8.97. The number of carbonyl (C=O) groups is 3. The van der Waals surface area contributed by atoms with Crippen LogP contribution in [-0.2, 0) is 28.6 Å². The summed E-state index contributed by atoms with van der Waals surface area (Å²) in [7, 11) is 0. The summed E-state index contributed by atoms with van der Waals surface area (Å²) in [6.07, 6.45) is 85.6. The minimum absolute atomic E-state index is 0.0845. The Hall–Kier alpha value is -3.67. The lowest BCUT2D eigenvalue weighted by Gasteiger charge is -2.18. The van der Waals surface area contributed by atoms with Crippen molar-refractivity contribution in [2.75, 3.05) is 13.2 Å². The van der Waals surface area contributed by atoms with E-state index in [1.165, 1.54) is 154 Å². The summed E-state index contributed by atoms with van der Waals surface area (Å²) in [5.41, 5.74) is 0. The molecular weight excluding hydrogens is 937 g/mol. The highest BCUT2D eigenvalue weighted by molar-refractivity contribution is 5.71. The molecule has 0 spiro atoms. The molecular formula is C70H120O6. The van der Waals surface area contributed by atoms with Crippen LogP contribution in [0.2, 0.25) is 0 Å². The predicted molar refractivity (Wildman–Crippen MR) is 330 cm³/mol. The molecule has 0 rings (SSSR count). The van der Waals surface area contributed by atoms with Gasteiger partial charge in [0.1, 0.15) is 13.2 Å². The van der Waals surface area contributed by atoms with E-state index in [-0.39, 0.29) is 31.1 Å². The van der Waals surface area contributed by atoms with Crippen molar-refractivity contribution in [1.82, 2.24) is 0 Å². The Kier molecular flexibility index (Phi) is 60.8. The fraction of sp³-hybridized carbons (Fsp3) is 0.729. The van der Waals surface area contributed by atoms with Gasteiger partial charge in [-0.15, -0.1) is 0 Å². The molecule has 0 fully saturated rings. The number of esters is 3. The van der Waals surface area contributed by atoms with Crippen LogP contribution in [0, 0.1) is 0 Å². The van der Waals surface area contributed by atoms with Crippen LogP contribution in [-0.4, -0.2) is 37.2 Å². The van der Waals surface area contributed by atoms with Gasteiger partial charge in [-0.05, 0) is 122 Å². The van der Waals surface area contributed by atoms with Gasteiger partial charge in [-0.25, -0.2) is 0 Å². The van der Waals surface area contributed by atoms with Crippen molar-refractivity contribution in [1.29, 1.82) is 0 Å². The van der Waals surface area contributed by atoms with Crippen molar-refractivity contribution in [3.63, 3.8) is 0 Å². The zero-order valence-corrected chi connectivity index (χ0v) is 50.0. The van der Waals surface area contributed by atoms with Crippen molar-refractivity contribution in [2.24, 2.45) is 0 Å². The maximum absolute atomic E-state index is 12.9. The van der Waals surface area contributed by atoms with Crippen molar-refractivity contribution < 1.29 is 28.6 Å². The fourth-order valence-electron chi connectivity index (χ4n) is 8.97. The summed E-state index contributed by atoms with van der Waals surface area (Å²) >= 11 is 0. The molecule has 0 aromatic carbocycles. The summed E-state index contributed by atoms with van der Waals surface area (Å²) in [5, 5.41) is 0. The smallest absolute Gasteiger partial charge is 0.306 e. The molecule has 0 aliphatic carbocycles. The van der Waals surface area contributed by atoms with Crippen LogP contribution in [0.15, 0.2) is 97.2 Å². The van der Waals surface area contributed by atoms with E-state index in [2.05, 4.69) is 118 Å². The zero-order chi connectivity index (χ0) is 55.0. The first-order valence-electron chi connectivity index (χ1n) is 32.2. The molecule has 0 aromatic heterocycles. The maximum atomic E-state index is 12.9. The van der Waals surface area contributed by atoms with Crippen LogP contribution in [0.4, 0.5) is 0 Å². The first-order valence-corrected chi connectivity index (χ1v) is 32.2. The van der Waals surface area contributed by atoms with Crippen LogP contribution in [0.1, 0.15) is 310 Å². The molecule has 0 aromatic rings. The first-order chi connectivity index (χ1) is 37.5. The first kappa shape index (κ1) is 72.3. The molecule has 0 saturated heterocycles. The van der Waals surface area contributed by atoms with Crippen molar-refractivity contribution in [3.8, 4) is 0 Å². The average molecular weight is 1060 g/mol. The van der Waals surface area contributed by atoms with Crippen molar-refractivity contribution >= 4 is 17.9 Å². The van der Waals surface area contributed by atoms with E-state index < -0.39 is 6.10 Å². The molecule has 0 heterocycles. The normalized spacial score (nSPS) is 12.7. The standard InChI is InChI=1S/C70H120O6/c1-4-7-10-13-16-19-22-25-27-29-31-32-33-34-35-36-37-38-40-41-43-45-48-51-54-57-60-63-69(72)75-66-67(65-74-68(71)62-59-56-53-50-47-24-21-18-15-12-9-6-3)76-70(73)64-61-58-55-52-49-46-44-42-39-30-28-26-23-20-17-14-11-8-5-2/h7,10,16-21,25-28,31-32,39,42,67H,4-6,8-9,11-15,22-24,29-30,33-38,40-41,43-66H2,1-3H3/b10-7-,19-16-,20-17-,21-18-,27-25-,28-26-,32-31-,42-39-. The van der Waals surface area contributed by atoms with E-state index in [9.17, 15) is 14.4 Å². The van der Waals surface area contributed by atoms with Gasteiger partial charge in [-0.2, -0.15) is 0 Å². The van der Waals surface area contributed by atoms with Gasteiger partial charge >= 0.3 is 17.9 Å². The molecule has 6 nitrogen and oxygen atoms in total. The summed E-state index contributed by atoms with van der Waals surface area (Å²) in [6.45, 7) is 6.48. The van der Waals surface area contributed by atoms with Crippen LogP contribution in [0.5, 0.6) is 0 Å². The van der Waals surface area contributed by atoms with Gasteiger partial charge in [0, 0.05) is 19.3 Å². The Morgan fingerprint density at radius 2 is 0.513 bits per heavy atom. The van der Waals surface area contributed by atoms with Gasteiger partial charge in [0.15, 0.2) is 6.10 Å². The lowest BCUT2D eigenvalue weighted by atomic mass is 10.0. The molecule has 0 N–H and O–H groups in total. The van der Waals surface area contributed by atoms with E-state index in [4.69, 9.17) is 14.2 Å². The number of ether oxygens (including phenoxy) is 3. The van der Waals surface area contributed by atoms with E-state index >= 15 is 0 Å². The Labute approximate surface area is 470 Å². The van der Waals surface area contributed by atoms with Crippen molar-refractivity contribution in [2.45, 2.75) is 316 Å². The lowest BCUT2D eigenvalue weighted by Crippen LogP contribution is -2.30. The highest BCUT2D eigenvalue weighted by atomic mass is 16.6. The second kappa shape index (κ2) is 63.9. The summed E-state index contributed by atoms with van der Waals surface area (Å²) in [6, 6.07) is 0. The summed E-state index contributed by atoms with van der Waals surface area (Å²) in [5.74, 6) is -0.898. The molecule has 6 heteroatoms. The number of allylic oxidation sites excluding steroid dienone is 16. The molecule has 76 heavy (non-hydrogen) atoms. The molecule has 436 valence electrons. The molecule has 0 bridgehead atoms. The van der Waals surface area contributed by atoms with Crippen LogP contribution < -0.4 is 0 Å². The van der Waals surface area contributed by atoms with Crippen LogP contribution in [0.25, 0.3) is 0 Å². The minimum Gasteiger partial charge on any atom is -0.462 e. The Balaban J connectivity index is 4.28. The Morgan fingerprint density at radius 3 is 0.816 bits per heavy atom. The highest BCUT2D eigenvalue weighted by Crippen LogP contribution is 2.16. The van der Waals surface area contributed by atoms with E-state index in [0.717, 1.165) is 116 Å². The molecule has 0 radical (unpaired) electrons. The van der Waals surface area contributed by atoms with Gasteiger partial charge in [-0.3, -0.25) is 14.4 Å². The molecule has 0 amide bonds. The summed E-state index contributed by atoms with van der Waals surface area (Å²) < 4.78 is 16.9. The number of rotatable bonds is 58. The minimum atomic E-state index is -0.789. The highest BCUT2D eigenvalue weighted by Gasteiger charge is 2.19. The maximum Gasteiger partial charge on any atom is 0.306 e. The average Bonchev–Trinajstić information content (AvgIpc) is 3.42. The van der Waals surface area contributed by atoms with Gasteiger partial charge in [0.2, 0.25) is 0 Å². The van der Waals surface area contributed by atoms with Gasteiger partial charge in [-0.1, -0.05) is 266 Å². The van der Waals surface area contributed by atoms with E-state index in [1.54, 1.807) is 0 Å². The van der Waals surface area contributed by atoms with Crippen LogP contribution >= 0.6 is 0 Å². The zero-order valence-electron chi connectivity index (χ0n) is 50.0. The predicted octanol–water partition coefficient (Wildman–Crippen LogP) is 22.0. The molecule has 0 aliphatic heterocycles. The second-order valence-electron chi connectivity index (χ2n) is 21.3.